The van der Waals surface area contributed by atoms with Crippen molar-refractivity contribution in [2.75, 3.05) is 13.1 Å². The molecule has 4 nitrogen and oxygen atoms in total. The lowest BCUT2D eigenvalue weighted by atomic mass is 9.88. The highest BCUT2D eigenvalue weighted by Crippen LogP contribution is 2.26. The van der Waals surface area contributed by atoms with Crippen LogP contribution in [0, 0.1) is 11.8 Å². The number of piperidine rings is 1. The van der Waals surface area contributed by atoms with Crippen LogP contribution in [0.4, 0.5) is 0 Å². The number of likely N-dealkylation sites (tertiary alicyclic amines) is 1. The molecule has 0 bridgehead atoms. The molecule has 1 saturated heterocycles. The van der Waals surface area contributed by atoms with Gasteiger partial charge in [0.25, 0.3) is 15.0 Å². The first-order valence-electron chi connectivity index (χ1n) is 6.73. The highest BCUT2D eigenvalue weighted by molar-refractivity contribution is 8.13. The van der Waals surface area contributed by atoms with E-state index in [0.29, 0.717) is 24.9 Å². The smallest absolute Gasteiger partial charge is 0.261 e. The topological polar surface area (TPSA) is 54.5 Å². The molecule has 0 aromatic heterocycles. The van der Waals surface area contributed by atoms with Crippen molar-refractivity contribution in [3.63, 3.8) is 0 Å². The number of carbonyl (C=O) groups is 1. The third kappa shape index (κ3) is 3.90. The molecule has 21 heavy (non-hydrogen) atoms. The van der Waals surface area contributed by atoms with Crippen LogP contribution in [0.15, 0.2) is 23.1 Å². The molecule has 0 radical (unpaired) electrons. The molecule has 0 spiro atoms. The van der Waals surface area contributed by atoms with Gasteiger partial charge in [0.15, 0.2) is 0 Å². The molecule has 1 fully saturated rings. The maximum absolute atomic E-state index is 12.5. The maximum atomic E-state index is 12.5. The Bertz CT molecular complexity index is 660. The average Bonchev–Trinajstić information content (AvgIpc) is 2.39. The van der Waals surface area contributed by atoms with E-state index < -0.39 is 9.05 Å². The number of hydrogen-bond donors (Lipinski definition) is 0. The quantitative estimate of drug-likeness (QED) is 0.769. The highest BCUT2D eigenvalue weighted by atomic mass is 35.7. The fourth-order valence-electron chi connectivity index (χ4n) is 2.46. The number of amides is 1. The Morgan fingerprint density at radius 2 is 1.90 bits per heavy atom. The highest BCUT2D eigenvalue weighted by Gasteiger charge is 2.27. The number of rotatable bonds is 2. The summed E-state index contributed by atoms with van der Waals surface area (Å²) in [6, 6.07) is 3.99. The Labute approximate surface area is 134 Å². The molecular formula is C14H17Cl2NO3S. The number of halogens is 2. The molecule has 1 aromatic rings. The van der Waals surface area contributed by atoms with Crippen LogP contribution in [-0.2, 0) is 9.05 Å². The van der Waals surface area contributed by atoms with Crippen molar-refractivity contribution in [3.05, 3.63) is 28.8 Å². The number of nitrogens with zero attached hydrogens (tertiary/aromatic N) is 1. The second-order valence-corrected chi connectivity index (χ2v) is 8.61. The third-order valence-corrected chi connectivity index (χ3v) is 5.57. The summed E-state index contributed by atoms with van der Waals surface area (Å²) in [5, 5.41) is 0.179. The Morgan fingerprint density at radius 1 is 1.24 bits per heavy atom. The first-order chi connectivity index (χ1) is 9.68. The first-order valence-corrected chi connectivity index (χ1v) is 9.41. The minimum atomic E-state index is -3.91. The van der Waals surface area contributed by atoms with Crippen LogP contribution >= 0.6 is 22.3 Å². The summed E-state index contributed by atoms with van der Waals surface area (Å²) in [4.78, 5) is 14.1. The van der Waals surface area contributed by atoms with E-state index in [0.717, 1.165) is 6.42 Å². The second-order valence-electron chi connectivity index (χ2n) is 5.61. The average molecular weight is 350 g/mol. The summed E-state index contributed by atoms with van der Waals surface area (Å²) in [5.41, 5.74) is 0.253. The molecular weight excluding hydrogens is 333 g/mol. The lowest BCUT2D eigenvalue weighted by molar-refractivity contribution is 0.0627. The van der Waals surface area contributed by atoms with E-state index in [1.807, 2.05) is 0 Å². The molecule has 1 aliphatic rings. The van der Waals surface area contributed by atoms with Crippen molar-refractivity contribution in [2.45, 2.75) is 25.2 Å². The molecule has 2 unspecified atom stereocenters. The van der Waals surface area contributed by atoms with Gasteiger partial charge in [-0.2, -0.15) is 0 Å². The van der Waals surface area contributed by atoms with E-state index in [1.54, 1.807) is 4.90 Å². The van der Waals surface area contributed by atoms with Crippen molar-refractivity contribution in [3.8, 4) is 0 Å². The van der Waals surface area contributed by atoms with Crippen molar-refractivity contribution in [1.29, 1.82) is 0 Å². The van der Waals surface area contributed by atoms with E-state index in [1.165, 1.54) is 18.2 Å². The van der Waals surface area contributed by atoms with Crippen molar-refractivity contribution < 1.29 is 13.2 Å². The maximum Gasteiger partial charge on any atom is 0.261 e. The molecule has 0 N–H and O–H groups in total. The normalized spacial score (nSPS) is 23.1. The second kappa shape index (κ2) is 6.15. The van der Waals surface area contributed by atoms with Gasteiger partial charge in [-0.15, -0.1) is 0 Å². The zero-order valence-electron chi connectivity index (χ0n) is 11.8. The molecule has 0 aliphatic carbocycles. The van der Waals surface area contributed by atoms with Crippen molar-refractivity contribution in [2.24, 2.45) is 11.8 Å². The summed E-state index contributed by atoms with van der Waals surface area (Å²) in [6.45, 7) is 5.61. The molecule has 1 amide bonds. The van der Waals surface area contributed by atoms with Crippen LogP contribution in [0.3, 0.4) is 0 Å². The molecule has 2 rings (SSSR count). The van der Waals surface area contributed by atoms with Gasteiger partial charge in [-0.1, -0.05) is 25.4 Å². The van der Waals surface area contributed by atoms with Crippen LogP contribution in [-0.4, -0.2) is 32.3 Å². The molecule has 116 valence electrons. The minimum Gasteiger partial charge on any atom is -0.338 e. The Morgan fingerprint density at radius 3 is 2.48 bits per heavy atom. The summed E-state index contributed by atoms with van der Waals surface area (Å²) < 4.78 is 22.8. The Kier molecular flexibility index (Phi) is 4.85. The van der Waals surface area contributed by atoms with Gasteiger partial charge < -0.3 is 4.90 Å². The largest absolute Gasteiger partial charge is 0.338 e. The van der Waals surface area contributed by atoms with Gasteiger partial charge in [0.1, 0.15) is 0 Å². The predicted molar refractivity (Wildman–Crippen MR) is 83.3 cm³/mol. The molecule has 0 saturated carbocycles. The van der Waals surface area contributed by atoms with E-state index in [9.17, 15) is 13.2 Å². The van der Waals surface area contributed by atoms with E-state index in [-0.39, 0.29) is 21.4 Å². The molecule has 1 aromatic carbocycles. The lowest BCUT2D eigenvalue weighted by Gasteiger charge is -2.35. The zero-order valence-corrected chi connectivity index (χ0v) is 14.2. The SMILES string of the molecule is CC1CCN(C(=O)c2cc(Cl)cc(S(=O)(=O)Cl)c2)CC1C. The summed E-state index contributed by atoms with van der Waals surface area (Å²) in [5.74, 6) is 0.781. The van der Waals surface area contributed by atoms with Crippen LogP contribution in [0.2, 0.25) is 5.02 Å². The van der Waals surface area contributed by atoms with Gasteiger partial charge in [0, 0.05) is 34.4 Å². The monoisotopic (exact) mass is 349 g/mol. The number of carbonyl (C=O) groups excluding carboxylic acids is 1. The van der Waals surface area contributed by atoms with Gasteiger partial charge in [0.2, 0.25) is 0 Å². The van der Waals surface area contributed by atoms with Gasteiger partial charge in [0.05, 0.1) is 4.90 Å². The van der Waals surface area contributed by atoms with Gasteiger partial charge in [-0.05, 0) is 36.5 Å². The van der Waals surface area contributed by atoms with E-state index in [2.05, 4.69) is 13.8 Å². The lowest BCUT2D eigenvalue weighted by Crippen LogP contribution is -2.42. The summed E-state index contributed by atoms with van der Waals surface area (Å²) >= 11 is 5.90. The van der Waals surface area contributed by atoms with Gasteiger partial charge in [-0.3, -0.25) is 4.79 Å². The van der Waals surface area contributed by atoms with Gasteiger partial charge >= 0.3 is 0 Å². The molecule has 2 atom stereocenters. The summed E-state index contributed by atoms with van der Waals surface area (Å²) in [6.07, 6.45) is 0.939. The number of hydrogen-bond acceptors (Lipinski definition) is 3. The van der Waals surface area contributed by atoms with Crippen LogP contribution in [0.5, 0.6) is 0 Å². The molecule has 7 heteroatoms. The van der Waals surface area contributed by atoms with Crippen LogP contribution in [0.25, 0.3) is 0 Å². The summed E-state index contributed by atoms with van der Waals surface area (Å²) in [7, 11) is 1.41. The first kappa shape index (κ1) is 16.6. The fourth-order valence-corrected chi connectivity index (χ4v) is 3.56. The fraction of sp³-hybridized carbons (Fsp3) is 0.500. The zero-order chi connectivity index (χ0) is 15.8. The van der Waals surface area contributed by atoms with Crippen LogP contribution < -0.4 is 0 Å². The number of benzene rings is 1. The van der Waals surface area contributed by atoms with E-state index >= 15 is 0 Å². The van der Waals surface area contributed by atoms with Gasteiger partial charge in [-0.25, -0.2) is 8.42 Å². The Balaban J connectivity index is 2.30. The minimum absolute atomic E-state index is 0.154. The Hall–Kier alpha value is -0.780. The molecule has 1 heterocycles. The van der Waals surface area contributed by atoms with Crippen molar-refractivity contribution in [1.82, 2.24) is 4.90 Å². The standard InChI is InChI=1S/C14H17Cl2NO3S/c1-9-3-4-17(8-10(9)2)14(18)11-5-12(15)7-13(6-11)21(16,19)20/h5-7,9-10H,3-4,8H2,1-2H3. The predicted octanol–water partition coefficient (Wildman–Crippen LogP) is 3.39. The van der Waals surface area contributed by atoms with Crippen molar-refractivity contribution >= 4 is 37.2 Å². The van der Waals surface area contributed by atoms with Crippen LogP contribution in [0.1, 0.15) is 30.6 Å². The third-order valence-electron chi connectivity index (χ3n) is 4.02. The molecule has 1 aliphatic heterocycles. The van der Waals surface area contributed by atoms with E-state index in [4.69, 9.17) is 22.3 Å².